The first-order chi connectivity index (χ1) is 15.8. The molecule has 0 atom stereocenters. The van der Waals surface area contributed by atoms with E-state index in [0.717, 1.165) is 52.4 Å². The number of benzene rings is 1. The lowest BCUT2D eigenvalue weighted by Crippen LogP contribution is -1.97. The summed E-state index contributed by atoms with van der Waals surface area (Å²) in [6.07, 6.45) is 13.4. The van der Waals surface area contributed by atoms with E-state index in [0.29, 0.717) is 0 Å². The van der Waals surface area contributed by atoms with Crippen molar-refractivity contribution in [1.82, 2.24) is 15.0 Å². The Labute approximate surface area is 190 Å². The summed E-state index contributed by atoms with van der Waals surface area (Å²) in [6.45, 7) is 3.01. The van der Waals surface area contributed by atoms with Gasteiger partial charge in [-0.3, -0.25) is 9.97 Å². The summed E-state index contributed by atoms with van der Waals surface area (Å²) < 4.78 is 5.94. The number of ether oxygens (including phenoxy) is 1. The fourth-order valence-corrected chi connectivity index (χ4v) is 3.68. The van der Waals surface area contributed by atoms with Crippen molar-refractivity contribution in [3.63, 3.8) is 0 Å². The van der Waals surface area contributed by atoms with E-state index in [1.54, 1.807) is 24.8 Å². The second-order valence-electron chi connectivity index (χ2n) is 7.89. The molecule has 4 rings (SSSR count). The van der Waals surface area contributed by atoms with Gasteiger partial charge in [-0.25, -0.2) is 4.98 Å². The summed E-state index contributed by atoms with van der Waals surface area (Å²) >= 11 is 0. The van der Waals surface area contributed by atoms with Crippen LogP contribution in [0.25, 0.3) is 33.6 Å². The molecule has 32 heavy (non-hydrogen) atoms. The molecule has 0 aliphatic heterocycles. The van der Waals surface area contributed by atoms with Gasteiger partial charge in [0.2, 0.25) is 0 Å². The Hall–Kier alpha value is -3.53. The molecule has 0 N–H and O–H groups in total. The molecule has 0 amide bonds. The van der Waals surface area contributed by atoms with Gasteiger partial charge in [0, 0.05) is 35.9 Å². The standard InChI is InChI=1S/C28H29N3O/c1-2-3-4-5-6-19-32-26-9-7-22(8-10-26)25-20-27(23-11-15-29-16-12-23)31-28(21-25)24-13-17-30-18-14-24/h7-18,20-21H,2-6,19H2,1H3. The maximum Gasteiger partial charge on any atom is 0.119 e. The van der Waals surface area contributed by atoms with Crippen molar-refractivity contribution in [2.24, 2.45) is 0 Å². The normalized spacial score (nSPS) is 10.8. The zero-order valence-electron chi connectivity index (χ0n) is 18.6. The van der Waals surface area contributed by atoms with Gasteiger partial charge < -0.3 is 4.74 Å². The molecule has 3 aromatic heterocycles. The third-order valence-electron chi connectivity index (χ3n) is 5.48. The van der Waals surface area contributed by atoms with E-state index in [4.69, 9.17) is 9.72 Å². The molecule has 0 aliphatic rings. The largest absolute Gasteiger partial charge is 0.494 e. The quantitative estimate of drug-likeness (QED) is 0.253. The van der Waals surface area contributed by atoms with Gasteiger partial charge in [0.25, 0.3) is 0 Å². The maximum absolute atomic E-state index is 5.94. The van der Waals surface area contributed by atoms with Gasteiger partial charge in [-0.2, -0.15) is 0 Å². The van der Waals surface area contributed by atoms with Crippen molar-refractivity contribution in [2.75, 3.05) is 6.61 Å². The van der Waals surface area contributed by atoms with Crippen LogP contribution in [0, 0.1) is 0 Å². The van der Waals surface area contributed by atoms with E-state index < -0.39 is 0 Å². The average Bonchev–Trinajstić information content (AvgIpc) is 2.87. The fourth-order valence-electron chi connectivity index (χ4n) is 3.68. The Morgan fingerprint density at radius 3 is 1.72 bits per heavy atom. The summed E-state index contributed by atoms with van der Waals surface area (Å²) in [5, 5.41) is 0. The highest BCUT2D eigenvalue weighted by Gasteiger charge is 2.09. The van der Waals surface area contributed by atoms with Crippen molar-refractivity contribution in [2.45, 2.75) is 39.0 Å². The molecule has 0 spiro atoms. The van der Waals surface area contributed by atoms with Crippen molar-refractivity contribution in [3.05, 3.63) is 85.5 Å². The molecule has 0 bridgehead atoms. The van der Waals surface area contributed by atoms with E-state index in [9.17, 15) is 0 Å². The van der Waals surface area contributed by atoms with Gasteiger partial charge in [0.05, 0.1) is 18.0 Å². The zero-order chi connectivity index (χ0) is 22.0. The number of pyridine rings is 3. The Bertz CT molecular complexity index is 1040. The third kappa shape index (κ3) is 5.79. The van der Waals surface area contributed by atoms with E-state index in [-0.39, 0.29) is 0 Å². The van der Waals surface area contributed by atoms with Crippen LogP contribution in [0.4, 0.5) is 0 Å². The number of hydrogen-bond acceptors (Lipinski definition) is 4. The minimum atomic E-state index is 0.775. The molecule has 0 unspecified atom stereocenters. The second-order valence-corrected chi connectivity index (χ2v) is 7.89. The Morgan fingerprint density at radius 2 is 1.16 bits per heavy atom. The van der Waals surface area contributed by atoms with Crippen LogP contribution in [0.15, 0.2) is 85.5 Å². The van der Waals surface area contributed by atoms with Crippen LogP contribution < -0.4 is 4.74 Å². The van der Waals surface area contributed by atoms with Gasteiger partial charge in [0.15, 0.2) is 0 Å². The highest BCUT2D eigenvalue weighted by atomic mass is 16.5. The monoisotopic (exact) mass is 423 g/mol. The van der Waals surface area contributed by atoms with E-state index >= 15 is 0 Å². The highest BCUT2D eigenvalue weighted by molar-refractivity contribution is 5.76. The third-order valence-corrected chi connectivity index (χ3v) is 5.48. The lowest BCUT2D eigenvalue weighted by Gasteiger charge is -2.11. The van der Waals surface area contributed by atoms with Gasteiger partial charge >= 0.3 is 0 Å². The lowest BCUT2D eigenvalue weighted by atomic mass is 10.0. The SMILES string of the molecule is CCCCCCCOc1ccc(-c2cc(-c3ccncc3)nc(-c3ccncc3)c2)cc1. The van der Waals surface area contributed by atoms with Crippen LogP contribution in [0.2, 0.25) is 0 Å². The molecule has 0 saturated heterocycles. The number of rotatable bonds is 10. The molecule has 3 heterocycles. The van der Waals surface area contributed by atoms with Crippen LogP contribution in [0.5, 0.6) is 5.75 Å². The van der Waals surface area contributed by atoms with Crippen LogP contribution in [-0.4, -0.2) is 21.6 Å². The maximum atomic E-state index is 5.94. The minimum absolute atomic E-state index is 0.775. The zero-order valence-corrected chi connectivity index (χ0v) is 18.6. The summed E-state index contributed by atoms with van der Waals surface area (Å²) in [7, 11) is 0. The first-order valence-electron chi connectivity index (χ1n) is 11.4. The minimum Gasteiger partial charge on any atom is -0.494 e. The molecule has 0 aliphatic carbocycles. The average molecular weight is 424 g/mol. The van der Waals surface area contributed by atoms with Crippen molar-refractivity contribution >= 4 is 0 Å². The van der Waals surface area contributed by atoms with Gasteiger partial charge in [0.1, 0.15) is 5.75 Å². The first-order valence-corrected chi connectivity index (χ1v) is 11.4. The van der Waals surface area contributed by atoms with Crippen LogP contribution in [-0.2, 0) is 0 Å². The number of hydrogen-bond donors (Lipinski definition) is 0. The van der Waals surface area contributed by atoms with Crippen molar-refractivity contribution in [3.8, 4) is 39.4 Å². The first kappa shape index (κ1) is 21.7. The summed E-state index contributed by atoms with van der Waals surface area (Å²) in [5.74, 6) is 0.919. The molecule has 1 aromatic carbocycles. The van der Waals surface area contributed by atoms with Crippen molar-refractivity contribution in [1.29, 1.82) is 0 Å². The highest BCUT2D eigenvalue weighted by Crippen LogP contribution is 2.30. The molecule has 4 nitrogen and oxygen atoms in total. The molecule has 0 saturated carbocycles. The lowest BCUT2D eigenvalue weighted by molar-refractivity contribution is 0.304. The Kier molecular flexibility index (Phi) is 7.59. The second kappa shape index (κ2) is 11.2. The summed E-state index contributed by atoms with van der Waals surface area (Å²) in [6, 6.07) is 20.6. The number of nitrogens with zero attached hydrogens (tertiary/aromatic N) is 3. The van der Waals surface area contributed by atoms with Crippen LogP contribution >= 0.6 is 0 Å². The van der Waals surface area contributed by atoms with Crippen LogP contribution in [0.1, 0.15) is 39.0 Å². The smallest absolute Gasteiger partial charge is 0.119 e. The van der Waals surface area contributed by atoms with Gasteiger partial charge in [-0.15, -0.1) is 0 Å². The molecule has 4 heteroatoms. The predicted molar refractivity (Wildman–Crippen MR) is 130 cm³/mol. The van der Waals surface area contributed by atoms with E-state index in [2.05, 4.69) is 53.3 Å². The topological polar surface area (TPSA) is 47.9 Å². The predicted octanol–water partition coefficient (Wildman–Crippen LogP) is 7.22. The molecule has 0 radical (unpaired) electrons. The van der Waals surface area contributed by atoms with Gasteiger partial charge in [-0.05, 0) is 66.1 Å². The van der Waals surface area contributed by atoms with Crippen molar-refractivity contribution < 1.29 is 4.74 Å². The van der Waals surface area contributed by atoms with Gasteiger partial charge in [-0.1, -0.05) is 44.7 Å². The molecule has 0 fully saturated rings. The molecule has 162 valence electrons. The van der Waals surface area contributed by atoms with E-state index in [1.807, 2.05) is 24.3 Å². The van der Waals surface area contributed by atoms with E-state index in [1.165, 1.54) is 25.7 Å². The fraction of sp³-hybridized carbons (Fsp3) is 0.250. The molecule has 4 aromatic rings. The molecular weight excluding hydrogens is 394 g/mol. The Balaban J connectivity index is 1.56. The van der Waals surface area contributed by atoms with Crippen LogP contribution in [0.3, 0.4) is 0 Å². The molecular formula is C28H29N3O. The summed E-state index contributed by atoms with van der Waals surface area (Å²) in [4.78, 5) is 13.2. The number of unbranched alkanes of at least 4 members (excludes halogenated alkanes) is 4. The summed E-state index contributed by atoms with van der Waals surface area (Å²) in [5.41, 5.74) is 6.17. The number of aromatic nitrogens is 3. The Morgan fingerprint density at radius 1 is 0.594 bits per heavy atom.